The fraction of sp³-hybridized carbons (Fsp3) is 0.417. The fourth-order valence-corrected chi connectivity index (χ4v) is 2.02. The Bertz CT molecular complexity index is 410. The van der Waals surface area contributed by atoms with Crippen molar-refractivity contribution < 1.29 is 14.3 Å². The van der Waals surface area contributed by atoms with E-state index in [1.165, 1.54) is 7.11 Å². The summed E-state index contributed by atoms with van der Waals surface area (Å²) in [5.41, 5.74) is 0. The van der Waals surface area contributed by atoms with Crippen molar-refractivity contribution in [2.24, 2.45) is 0 Å². The van der Waals surface area contributed by atoms with Crippen LogP contribution in [0.1, 0.15) is 6.42 Å². The van der Waals surface area contributed by atoms with E-state index in [9.17, 15) is 4.79 Å². The van der Waals surface area contributed by atoms with E-state index in [1.54, 1.807) is 6.07 Å². The van der Waals surface area contributed by atoms with Crippen molar-refractivity contribution in [1.29, 1.82) is 0 Å². The molecule has 4 nitrogen and oxygen atoms in total. The highest BCUT2D eigenvalue weighted by Crippen LogP contribution is 2.26. The summed E-state index contributed by atoms with van der Waals surface area (Å²) >= 11 is 5.99. The molecule has 0 aromatic heterocycles. The molecule has 1 N–H and O–H groups in total. The van der Waals surface area contributed by atoms with Gasteiger partial charge in [-0.2, -0.15) is 0 Å². The first-order chi connectivity index (χ1) is 8.20. The summed E-state index contributed by atoms with van der Waals surface area (Å²) in [4.78, 5) is 11.3. The van der Waals surface area contributed by atoms with Crippen molar-refractivity contribution in [3.8, 4) is 5.75 Å². The zero-order valence-corrected chi connectivity index (χ0v) is 10.2. The third-order valence-electron chi connectivity index (χ3n) is 2.71. The van der Waals surface area contributed by atoms with Crippen LogP contribution in [0.2, 0.25) is 5.02 Å². The molecule has 2 rings (SSSR count). The van der Waals surface area contributed by atoms with Gasteiger partial charge in [0.1, 0.15) is 17.9 Å². The largest absolute Gasteiger partial charge is 0.487 e. The molecule has 1 aliphatic rings. The number of methoxy groups -OCH3 is 1. The van der Waals surface area contributed by atoms with E-state index in [2.05, 4.69) is 10.1 Å². The lowest BCUT2D eigenvalue weighted by molar-refractivity contribution is -0.142. The Morgan fingerprint density at radius 2 is 2.24 bits per heavy atom. The maximum atomic E-state index is 11.3. The highest BCUT2D eigenvalue weighted by Gasteiger charge is 2.31. The van der Waals surface area contributed by atoms with Crippen LogP contribution in [0, 0.1) is 0 Å². The van der Waals surface area contributed by atoms with Gasteiger partial charge in [0.05, 0.1) is 12.1 Å². The smallest absolute Gasteiger partial charge is 0.323 e. The van der Waals surface area contributed by atoms with Gasteiger partial charge in [0.25, 0.3) is 0 Å². The highest BCUT2D eigenvalue weighted by molar-refractivity contribution is 6.32. The number of carbonyl (C=O) groups excluding carboxylic acids is 1. The molecule has 0 aliphatic carbocycles. The lowest BCUT2D eigenvalue weighted by Gasteiger charge is -2.13. The molecule has 0 radical (unpaired) electrons. The normalized spacial score (nSPS) is 23.4. The van der Waals surface area contributed by atoms with Gasteiger partial charge in [-0.25, -0.2) is 0 Å². The SMILES string of the molecule is COC(=O)[C@@H]1C[C@H](Oc2ccccc2Cl)CN1. The van der Waals surface area contributed by atoms with Crippen LogP contribution in [0.4, 0.5) is 0 Å². The molecule has 1 saturated heterocycles. The summed E-state index contributed by atoms with van der Waals surface area (Å²) in [7, 11) is 1.38. The third kappa shape index (κ3) is 2.90. The van der Waals surface area contributed by atoms with Crippen molar-refractivity contribution in [2.45, 2.75) is 18.6 Å². The summed E-state index contributed by atoms with van der Waals surface area (Å²) in [6.45, 7) is 0.616. The van der Waals surface area contributed by atoms with Gasteiger partial charge in [-0.3, -0.25) is 4.79 Å². The molecule has 5 heteroatoms. The van der Waals surface area contributed by atoms with Gasteiger partial charge >= 0.3 is 5.97 Å². The Morgan fingerprint density at radius 1 is 1.47 bits per heavy atom. The Hall–Kier alpha value is -1.26. The number of para-hydroxylation sites is 1. The molecule has 1 aromatic carbocycles. The minimum absolute atomic E-state index is 0.0565. The quantitative estimate of drug-likeness (QED) is 0.834. The van der Waals surface area contributed by atoms with Crippen molar-refractivity contribution in [2.75, 3.05) is 13.7 Å². The third-order valence-corrected chi connectivity index (χ3v) is 3.02. The van der Waals surface area contributed by atoms with Crippen LogP contribution < -0.4 is 10.1 Å². The molecular formula is C12H14ClNO3. The van der Waals surface area contributed by atoms with Crippen molar-refractivity contribution in [3.63, 3.8) is 0 Å². The molecule has 92 valence electrons. The van der Waals surface area contributed by atoms with E-state index in [1.807, 2.05) is 18.2 Å². The fourth-order valence-electron chi connectivity index (χ4n) is 1.83. The minimum Gasteiger partial charge on any atom is -0.487 e. The number of benzene rings is 1. The summed E-state index contributed by atoms with van der Waals surface area (Å²) in [5, 5.41) is 3.63. The number of hydrogen-bond donors (Lipinski definition) is 1. The van der Waals surface area contributed by atoms with E-state index in [0.717, 1.165) is 0 Å². The van der Waals surface area contributed by atoms with Gasteiger partial charge in [0.2, 0.25) is 0 Å². The number of ether oxygens (including phenoxy) is 2. The van der Waals surface area contributed by atoms with Gasteiger partial charge in [0, 0.05) is 13.0 Å². The second-order valence-electron chi connectivity index (χ2n) is 3.89. The molecule has 1 heterocycles. The number of hydrogen-bond acceptors (Lipinski definition) is 4. The molecule has 2 atom stereocenters. The van der Waals surface area contributed by atoms with Crippen LogP contribution in [0.3, 0.4) is 0 Å². The van der Waals surface area contributed by atoms with E-state index >= 15 is 0 Å². The Morgan fingerprint density at radius 3 is 2.94 bits per heavy atom. The number of esters is 1. The van der Waals surface area contributed by atoms with Gasteiger partial charge in [-0.05, 0) is 12.1 Å². The molecule has 1 aromatic rings. The van der Waals surface area contributed by atoms with E-state index in [4.69, 9.17) is 16.3 Å². The first kappa shape index (κ1) is 12.2. The number of nitrogens with one attached hydrogen (secondary N) is 1. The first-order valence-corrected chi connectivity index (χ1v) is 5.81. The maximum Gasteiger partial charge on any atom is 0.323 e. The van der Waals surface area contributed by atoms with Gasteiger partial charge in [-0.15, -0.1) is 0 Å². The Kier molecular flexibility index (Phi) is 3.86. The summed E-state index contributed by atoms with van der Waals surface area (Å²) in [6.07, 6.45) is 0.539. The molecule has 1 fully saturated rings. The monoisotopic (exact) mass is 255 g/mol. The predicted molar refractivity (Wildman–Crippen MR) is 64.3 cm³/mol. The van der Waals surface area contributed by atoms with E-state index in [-0.39, 0.29) is 18.1 Å². The number of rotatable bonds is 3. The maximum absolute atomic E-state index is 11.3. The van der Waals surface area contributed by atoms with Crippen LogP contribution in [-0.4, -0.2) is 31.8 Å². The van der Waals surface area contributed by atoms with Crippen LogP contribution in [-0.2, 0) is 9.53 Å². The van der Waals surface area contributed by atoms with Crippen LogP contribution >= 0.6 is 11.6 Å². The van der Waals surface area contributed by atoms with E-state index in [0.29, 0.717) is 23.7 Å². The van der Waals surface area contributed by atoms with Gasteiger partial charge < -0.3 is 14.8 Å². The summed E-state index contributed by atoms with van der Waals surface area (Å²) in [5.74, 6) is 0.391. The van der Waals surface area contributed by atoms with Crippen LogP contribution in [0.5, 0.6) is 5.75 Å². The lowest BCUT2D eigenvalue weighted by atomic mass is 10.2. The average Bonchev–Trinajstić information content (AvgIpc) is 2.80. The van der Waals surface area contributed by atoms with Crippen LogP contribution in [0.25, 0.3) is 0 Å². The molecule has 0 amide bonds. The second kappa shape index (κ2) is 5.38. The predicted octanol–water partition coefficient (Wildman–Crippen LogP) is 1.62. The zero-order valence-electron chi connectivity index (χ0n) is 9.48. The first-order valence-electron chi connectivity index (χ1n) is 5.43. The molecule has 0 unspecified atom stereocenters. The van der Waals surface area contributed by atoms with Crippen molar-refractivity contribution in [1.82, 2.24) is 5.32 Å². The molecule has 0 saturated carbocycles. The molecule has 0 spiro atoms. The zero-order chi connectivity index (χ0) is 12.3. The Labute approximate surface area is 105 Å². The topological polar surface area (TPSA) is 47.6 Å². The molecular weight excluding hydrogens is 242 g/mol. The Balaban J connectivity index is 1.94. The minimum atomic E-state index is -0.285. The lowest BCUT2D eigenvalue weighted by Crippen LogP contribution is -2.31. The molecule has 0 bridgehead atoms. The highest BCUT2D eigenvalue weighted by atomic mass is 35.5. The van der Waals surface area contributed by atoms with Gasteiger partial charge in [0.15, 0.2) is 0 Å². The summed E-state index contributed by atoms with van der Waals surface area (Å²) in [6, 6.07) is 7.01. The standard InChI is InChI=1S/C12H14ClNO3/c1-16-12(15)10-6-8(7-14-10)17-11-5-3-2-4-9(11)13/h2-5,8,10,14H,6-7H2,1H3/t8-,10-/m0/s1. The number of halogens is 1. The number of carbonyl (C=O) groups is 1. The van der Waals surface area contributed by atoms with Crippen LogP contribution in [0.15, 0.2) is 24.3 Å². The van der Waals surface area contributed by atoms with Gasteiger partial charge in [-0.1, -0.05) is 23.7 Å². The molecule has 17 heavy (non-hydrogen) atoms. The molecule has 1 aliphatic heterocycles. The summed E-state index contributed by atoms with van der Waals surface area (Å²) < 4.78 is 10.4. The van der Waals surface area contributed by atoms with Crippen molar-refractivity contribution >= 4 is 17.6 Å². The van der Waals surface area contributed by atoms with E-state index < -0.39 is 0 Å². The van der Waals surface area contributed by atoms with Crippen molar-refractivity contribution in [3.05, 3.63) is 29.3 Å². The second-order valence-corrected chi connectivity index (χ2v) is 4.30. The average molecular weight is 256 g/mol.